The molecular formula is C11H14S. The molecule has 0 bridgehead atoms. The zero-order valence-corrected chi connectivity index (χ0v) is 8.18. The Kier molecular flexibility index (Phi) is 4.47. The van der Waals surface area contributed by atoms with E-state index in [2.05, 4.69) is 48.1 Å². The molecule has 0 aliphatic rings. The number of allylic oxidation sites excluding steroid dienone is 4. The van der Waals surface area contributed by atoms with Crippen LogP contribution in [-0.2, 0) is 6.42 Å². The molecule has 1 aromatic rings. The normalized spacial score (nSPS) is 11.8. The average molecular weight is 178 g/mol. The molecule has 0 amide bonds. The van der Waals surface area contributed by atoms with Crippen LogP contribution in [0.15, 0.2) is 41.1 Å². The van der Waals surface area contributed by atoms with Crippen LogP contribution in [0.1, 0.15) is 18.9 Å². The summed E-state index contributed by atoms with van der Waals surface area (Å²) < 4.78 is 0. The molecule has 0 aliphatic carbocycles. The van der Waals surface area contributed by atoms with Gasteiger partial charge in [0.25, 0.3) is 0 Å². The van der Waals surface area contributed by atoms with E-state index in [1.807, 2.05) is 0 Å². The first-order valence-corrected chi connectivity index (χ1v) is 5.20. The van der Waals surface area contributed by atoms with Crippen LogP contribution < -0.4 is 0 Å². The van der Waals surface area contributed by atoms with Gasteiger partial charge in [0.05, 0.1) is 0 Å². The molecule has 0 aromatic carbocycles. The van der Waals surface area contributed by atoms with Gasteiger partial charge < -0.3 is 0 Å². The van der Waals surface area contributed by atoms with Gasteiger partial charge in [-0.3, -0.25) is 0 Å². The topological polar surface area (TPSA) is 0 Å². The second kappa shape index (κ2) is 5.78. The van der Waals surface area contributed by atoms with Crippen molar-refractivity contribution in [1.29, 1.82) is 0 Å². The minimum atomic E-state index is 1.05. The Morgan fingerprint density at radius 3 is 2.83 bits per heavy atom. The predicted molar refractivity (Wildman–Crippen MR) is 56.6 cm³/mol. The Hall–Kier alpha value is -0.820. The molecule has 0 saturated carbocycles. The van der Waals surface area contributed by atoms with E-state index in [4.69, 9.17) is 0 Å². The van der Waals surface area contributed by atoms with E-state index in [-0.39, 0.29) is 0 Å². The maximum Gasteiger partial charge on any atom is -0.00581 e. The monoisotopic (exact) mass is 178 g/mol. The molecule has 0 spiro atoms. The molecule has 0 radical (unpaired) electrons. The van der Waals surface area contributed by atoms with Crippen LogP contribution in [0.2, 0.25) is 0 Å². The van der Waals surface area contributed by atoms with Gasteiger partial charge in [0.1, 0.15) is 0 Å². The highest BCUT2D eigenvalue weighted by atomic mass is 32.1. The second-order valence-corrected chi connectivity index (χ2v) is 3.38. The fourth-order valence-electron chi connectivity index (χ4n) is 0.906. The summed E-state index contributed by atoms with van der Waals surface area (Å²) in [4.78, 5) is 0. The summed E-state index contributed by atoms with van der Waals surface area (Å²) in [6, 6.07) is 2.17. The number of thiophene rings is 1. The van der Waals surface area contributed by atoms with E-state index >= 15 is 0 Å². The third-order valence-electron chi connectivity index (χ3n) is 1.55. The lowest BCUT2D eigenvalue weighted by molar-refractivity contribution is 1.22. The molecule has 1 heterocycles. The first-order valence-electron chi connectivity index (χ1n) is 4.26. The molecule has 1 rings (SSSR count). The quantitative estimate of drug-likeness (QED) is 0.615. The van der Waals surface area contributed by atoms with E-state index < -0.39 is 0 Å². The van der Waals surface area contributed by atoms with Gasteiger partial charge in [-0.1, -0.05) is 31.2 Å². The SMILES string of the molecule is CC/C=C\C=C/Cc1ccsc1. The Morgan fingerprint density at radius 2 is 2.17 bits per heavy atom. The third kappa shape index (κ3) is 3.54. The lowest BCUT2D eigenvalue weighted by Gasteiger charge is -1.85. The summed E-state index contributed by atoms with van der Waals surface area (Å²) in [6.45, 7) is 2.14. The zero-order valence-electron chi connectivity index (χ0n) is 7.36. The Morgan fingerprint density at radius 1 is 1.33 bits per heavy atom. The average Bonchev–Trinajstić information content (AvgIpc) is 2.57. The minimum absolute atomic E-state index is 1.05. The van der Waals surface area contributed by atoms with E-state index in [1.165, 1.54) is 5.56 Å². The largest absolute Gasteiger partial charge is 0.152 e. The van der Waals surface area contributed by atoms with E-state index in [0.29, 0.717) is 0 Å². The van der Waals surface area contributed by atoms with Crippen molar-refractivity contribution in [3.63, 3.8) is 0 Å². The third-order valence-corrected chi connectivity index (χ3v) is 2.28. The van der Waals surface area contributed by atoms with Gasteiger partial charge in [-0.15, -0.1) is 0 Å². The molecule has 0 fully saturated rings. The molecule has 0 atom stereocenters. The van der Waals surface area contributed by atoms with Crippen molar-refractivity contribution >= 4 is 11.3 Å². The van der Waals surface area contributed by atoms with Gasteiger partial charge in [0, 0.05) is 0 Å². The van der Waals surface area contributed by atoms with Crippen LogP contribution in [0.4, 0.5) is 0 Å². The lowest BCUT2D eigenvalue weighted by atomic mass is 10.2. The highest BCUT2D eigenvalue weighted by molar-refractivity contribution is 7.07. The molecule has 1 aromatic heterocycles. The van der Waals surface area contributed by atoms with E-state index in [9.17, 15) is 0 Å². The predicted octanol–water partition coefficient (Wildman–Crippen LogP) is 3.81. The number of hydrogen-bond donors (Lipinski definition) is 0. The summed E-state index contributed by atoms with van der Waals surface area (Å²) in [5.41, 5.74) is 1.40. The fraction of sp³-hybridized carbons (Fsp3) is 0.273. The highest BCUT2D eigenvalue weighted by Gasteiger charge is 1.85. The van der Waals surface area contributed by atoms with Crippen molar-refractivity contribution in [3.05, 3.63) is 46.7 Å². The Balaban J connectivity index is 2.26. The Bertz CT molecular complexity index is 242. The van der Waals surface area contributed by atoms with E-state index in [0.717, 1.165) is 12.8 Å². The van der Waals surface area contributed by atoms with Crippen LogP contribution in [0.3, 0.4) is 0 Å². The highest BCUT2D eigenvalue weighted by Crippen LogP contribution is 2.06. The molecule has 0 aliphatic heterocycles. The van der Waals surface area contributed by atoms with Gasteiger partial charge in [-0.25, -0.2) is 0 Å². The summed E-state index contributed by atoms with van der Waals surface area (Å²) in [5, 5.41) is 4.30. The minimum Gasteiger partial charge on any atom is -0.152 e. The molecule has 0 unspecified atom stereocenters. The number of rotatable bonds is 4. The van der Waals surface area contributed by atoms with Crippen LogP contribution in [0, 0.1) is 0 Å². The smallest absolute Gasteiger partial charge is 0.00581 e. The molecule has 0 N–H and O–H groups in total. The van der Waals surface area contributed by atoms with Crippen molar-refractivity contribution in [2.24, 2.45) is 0 Å². The first-order chi connectivity index (χ1) is 5.93. The molecular weight excluding hydrogens is 164 g/mol. The number of hydrogen-bond acceptors (Lipinski definition) is 1. The Labute approximate surface area is 78.2 Å². The second-order valence-electron chi connectivity index (χ2n) is 2.60. The van der Waals surface area contributed by atoms with Crippen LogP contribution in [0.5, 0.6) is 0 Å². The fourth-order valence-corrected chi connectivity index (χ4v) is 1.59. The first kappa shape index (κ1) is 9.27. The summed E-state index contributed by atoms with van der Waals surface area (Å²) in [7, 11) is 0. The van der Waals surface area contributed by atoms with E-state index in [1.54, 1.807) is 11.3 Å². The van der Waals surface area contributed by atoms with Crippen LogP contribution in [-0.4, -0.2) is 0 Å². The lowest BCUT2D eigenvalue weighted by Crippen LogP contribution is -1.71. The standard InChI is InChI=1S/C11H14S/c1-2-3-4-5-6-7-11-8-9-12-10-11/h3-6,8-10H,2,7H2,1H3/b4-3-,6-5-. The van der Waals surface area contributed by atoms with Gasteiger partial charge in [0.15, 0.2) is 0 Å². The maximum absolute atomic E-state index is 2.19. The van der Waals surface area contributed by atoms with Crippen molar-refractivity contribution in [3.8, 4) is 0 Å². The molecule has 0 nitrogen and oxygen atoms in total. The van der Waals surface area contributed by atoms with Crippen molar-refractivity contribution in [1.82, 2.24) is 0 Å². The molecule has 1 heteroatoms. The summed E-state index contributed by atoms with van der Waals surface area (Å²) in [5.74, 6) is 0. The maximum atomic E-state index is 2.19. The van der Waals surface area contributed by atoms with Crippen LogP contribution >= 0.6 is 11.3 Å². The zero-order chi connectivity index (χ0) is 8.65. The van der Waals surface area contributed by atoms with Gasteiger partial charge >= 0.3 is 0 Å². The van der Waals surface area contributed by atoms with Crippen molar-refractivity contribution in [2.45, 2.75) is 19.8 Å². The summed E-state index contributed by atoms with van der Waals surface area (Å²) >= 11 is 1.76. The van der Waals surface area contributed by atoms with Crippen LogP contribution in [0.25, 0.3) is 0 Å². The van der Waals surface area contributed by atoms with Crippen molar-refractivity contribution < 1.29 is 0 Å². The van der Waals surface area contributed by atoms with Gasteiger partial charge in [-0.05, 0) is 35.2 Å². The summed E-state index contributed by atoms with van der Waals surface area (Å²) in [6.07, 6.45) is 10.7. The van der Waals surface area contributed by atoms with Gasteiger partial charge in [0.2, 0.25) is 0 Å². The molecule has 12 heavy (non-hydrogen) atoms. The van der Waals surface area contributed by atoms with Gasteiger partial charge in [-0.2, -0.15) is 11.3 Å². The molecule has 0 saturated heterocycles. The molecule has 64 valence electrons. The van der Waals surface area contributed by atoms with Crippen molar-refractivity contribution in [2.75, 3.05) is 0 Å².